The van der Waals surface area contributed by atoms with Gasteiger partial charge in [0.15, 0.2) is 0 Å². The molecular formula is C10H15Cl2N3. The minimum absolute atomic E-state index is 0.165. The van der Waals surface area contributed by atoms with Crippen LogP contribution < -0.4 is 0 Å². The third-order valence-electron chi connectivity index (χ3n) is 3.68. The highest BCUT2D eigenvalue weighted by Gasteiger charge is 2.53. The van der Waals surface area contributed by atoms with E-state index < -0.39 is 0 Å². The topological polar surface area (TPSA) is 9.72 Å². The van der Waals surface area contributed by atoms with Crippen molar-refractivity contribution in [3.8, 4) is 0 Å². The van der Waals surface area contributed by atoms with Gasteiger partial charge in [0, 0.05) is 24.0 Å². The van der Waals surface area contributed by atoms with Gasteiger partial charge in [-0.1, -0.05) is 17.7 Å². The molecule has 4 aliphatic heterocycles. The second kappa shape index (κ2) is 3.60. The van der Waals surface area contributed by atoms with E-state index in [1.54, 1.807) is 5.54 Å². The van der Waals surface area contributed by atoms with Gasteiger partial charge in [0.2, 0.25) is 0 Å². The second-order valence-electron chi connectivity index (χ2n) is 4.93. The molecule has 4 bridgehead atoms. The molecule has 5 heteroatoms. The Hall–Kier alpha value is 0.200. The average Bonchev–Trinajstić information content (AvgIpc) is 2.22. The van der Waals surface area contributed by atoms with Gasteiger partial charge in [-0.3, -0.25) is 14.7 Å². The van der Waals surface area contributed by atoms with Crippen molar-refractivity contribution in [2.45, 2.75) is 11.9 Å². The first-order valence-electron chi connectivity index (χ1n) is 5.32. The molecule has 0 amide bonds. The van der Waals surface area contributed by atoms with Crippen molar-refractivity contribution < 1.29 is 0 Å². The predicted octanol–water partition coefficient (Wildman–Crippen LogP) is 1.50. The minimum Gasteiger partial charge on any atom is -0.277 e. The number of halogens is 2. The van der Waals surface area contributed by atoms with Crippen LogP contribution in [0.4, 0.5) is 0 Å². The fourth-order valence-electron chi connectivity index (χ4n) is 3.26. The third kappa shape index (κ3) is 1.53. The molecule has 3 atom stereocenters. The van der Waals surface area contributed by atoms with Crippen LogP contribution >= 0.6 is 23.2 Å². The maximum atomic E-state index is 6.56. The zero-order chi connectivity index (χ0) is 10.5. The van der Waals surface area contributed by atoms with E-state index in [0.717, 1.165) is 39.5 Å². The van der Waals surface area contributed by atoms with Crippen molar-refractivity contribution in [1.29, 1.82) is 0 Å². The van der Waals surface area contributed by atoms with Crippen LogP contribution in [-0.4, -0.2) is 53.3 Å². The summed E-state index contributed by atoms with van der Waals surface area (Å²) in [5, 5.41) is 0. The lowest BCUT2D eigenvalue weighted by Crippen LogP contribution is -2.75. The SMILES string of the molecule is ClC=CCC12CN3CN(CN(C3)C1Cl)C2. The molecule has 4 rings (SSSR count). The fraction of sp³-hybridized carbons (Fsp3) is 0.800. The average molecular weight is 248 g/mol. The molecule has 4 aliphatic rings. The number of hydrogen-bond donors (Lipinski definition) is 0. The molecule has 0 aromatic carbocycles. The van der Waals surface area contributed by atoms with E-state index >= 15 is 0 Å². The van der Waals surface area contributed by atoms with Crippen LogP contribution in [-0.2, 0) is 0 Å². The molecule has 0 spiro atoms. The Labute approximate surface area is 100 Å². The predicted molar refractivity (Wildman–Crippen MR) is 61.5 cm³/mol. The van der Waals surface area contributed by atoms with Crippen molar-refractivity contribution in [1.82, 2.24) is 14.7 Å². The van der Waals surface area contributed by atoms with Crippen molar-refractivity contribution in [2.24, 2.45) is 5.41 Å². The summed E-state index contributed by atoms with van der Waals surface area (Å²) in [6.45, 7) is 5.37. The summed E-state index contributed by atoms with van der Waals surface area (Å²) < 4.78 is 0. The summed E-state index contributed by atoms with van der Waals surface area (Å²) in [7, 11) is 0. The van der Waals surface area contributed by atoms with Crippen LogP contribution in [0.2, 0.25) is 0 Å². The Bertz CT molecular complexity index is 280. The largest absolute Gasteiger partial charge is 0.277 e. The zero-order valence-corrected chi connectivity index (χ0v) is 10.1. The van der Waals surface area contributed by atoms with Gasteiger partial charge in [0.25, 0.3) is 0 Å². The van der Waals surface area contributed by atoms with Crippen LogP contribution in [0.5, 0.6) is 0 Å². The van der Waals surface area contributed by atoms with Gasteiger partial charge in [-0.15, -0.1) is 11.6 Å². The first-order valence-corrected chi connectivity index (χ1v) is 6.19. The van der Waals surface area contributed by atoms with Gasteiger partial charge in [-0.05, 0) is 6.42 Å². The first kappa shape index (κ1) is 10.4. The van der Waals surface area contributed by atoms with Gasteiger partial charge < -0.3 is 0 Å². The van der Waals surface area contributed by atoms with Crippen molar-refractivity contribution >= 4 is 23.2 Å². The van der Waals surface area contributed by atoms with Gasteiger partial charge in [-0.25, -0.2) is 0 Å². The van der Waals surface area contributed by atoms with Crippen LogP contribution in [0.3, 0.4) is 0 Å². The zero-order valence-electron chi connectivity index (χ0n) is 8.57. The third-order valence-corrected chi connectivity index (χ3v) is 4.60. The Morgan fingerprint density at radius 3 is 2.47 bits per heavy atom. The molecular weight excluding hydrogens is 233 g/mol. The Morgan fingerprint density at radius 2 is 1.87 bits per heavy atom. The number of allylic oxidation sites excluding steroid dienone is 1. The molecule has 4 saturated heterocycles. The quantitative estimate of drug-likeness (QED) is 0.541. The van der Waals surface area contributed by atoms with Gasteiger partial charge >= 0.3 is 0 Å². The van der Waals surface area contributed by atoms with E-state index in [1.165, 1.54) is 0 Å². The van der Waals surface area contributed by atoms with E-state index in [-0.39, 0.29) is 10.9 Å². The first-order chi connectivity index (χ1) is 7.23. The maximum absolute atomic E-state index is 6.56. The Morgan fingerprint density at radius 1 is 1.20 bits per heavy atom. The molecule has 3 nitrogen and oxygen atoms in total. The molecule has 0 aromatic heterocycles. The highest BCUT2D eigenvalue weighted by Crippen LogP contribution is 2.44. The van der Waals surface area contributed by atoms with E-state index in [2.05, 4.69) is 14.7 Å². The number of hydrogen-bond acceptors (Lipinski definition) is 3. The number of nitrogens with zero attached hydrogens (tertiary/aromatic N) is 3. The Balaban J connectivity index is 1.87. The molecule has 0 aromatic rings. The lowest BCUT2D eigenvalue weighted by molar-refractivity contribution is -0.183. The minimum atomic E-state index is 0.165. The van der Waals surface area contributed by atoms with Crippen LogP contribution in [0.25, 0.3) is 0 Å². The van der Waals surface area contributed by atoms with Crippen LogP contribution in [0.15, 0.2) is 11.6 Å². The normalized spacial score (nSPS) is 52.9. The highest BCUT2D eigenvalue weighted by molar-refractivity contribution is 6.25. The summed E-state index contributed by atoms with van der Waals surface area (Å²) in [6.07, 6.45) is 3.02. The second-order valence-corrected chi connectivity index (χ2v) is 5.60. The summed E-state index contributed by atoms with van der Waals surface area (Å²) in [5.41, 5.74) is 1.96. The van der Waals surface area contributed by atoms with Crippen molar-refractivity contribution in [2.75, 3.05) is 33.1 Å². The van der Waals surface area contributed by atoms with E-state index in [4.69, 9.17) is 23.2 Å². The monoisotopic (exact) mass is 247 g/mol. The van der Waals surface area contributed by atoms with Crippen molar-refractivity contribution in [3.63, 3.8) is 0 Å². The molecule has 3 unspecified atom stereocenters. The van der Waals surface area contributed by atoms with Gasteiger partial charge in [-0.2, -0.15) is 0 Å². The highest BCUT2D eigenvalue weighted by atomic mass is 35.5. The molecule has 4 heterocycles. The summed E-state index contributed by atoms with van der Waals surface area (Å²) in [4.78, 5) is 7.28. The van der Waals surface area contributed by atoms with E-state index in [0.29, 0.717) is 0 Å². The molecule has 84 valence electrons. The van der Waals surface area contributed by atoms with E-state index in [1.807, 2.05) is 6.08 Å². The molecule has 4 fully saturated rings. The molecule has 0 aliphatic carbocycles. The fourth-order valence-corrected chi connectivity index (χ4v) is 3.70. The standard InChI is InChI=1S/C10H15Cl2N3/c11-3-1-2-10-4-13-6-14(5-10)8-15(7-13)9(10)12/h1,3,9H,2,4-8H2. The van der Waals surface area contributed by atoms with Crippen LogP contribution in [0.1, 0.15) is 6.42 Å². The number of alkyl halides is 1. The molecule has 0 radical (unpaired) electrons. The number of rotatable bonds is 2. The van der Waals surface area contributed by atoms with Gasteiger partial charge in [0.05, 0.1) is 25.5 Å². The van der Waals surface area contributed by atoms with Crippen molar-refractivity contribution in [3.05, 3.63) is 11.6 Å². The summed E-state index contributed by atoms with van der Waals surface area (Å²) in [6, 6.07) is 0. The van der Waals surface area contributed by atoms with E-state index in [9.17, 15) is 0 Å². The Kier molecular flexibility index (Phi) is 2.49. The summed E-state index contributed by atoms with van der Waals surface area (Å²) in [5.74, 6) is 0. The molecule has 15 heavy (non-hydrogen) atoms. The molecule has 0 N–H and O–H groups in total. The lowest BCUT2D eigenvalue weighted by Gasteiger charge is -2.63. The molecule has 0 saturated carbocycles. The smallest absolute Gasteiger partial charge is 0.0955 e. The van der Waals surface area contributed by atoms with Gasteiger partial charge in [0.1, 0.15) is 0 Å². The maximum Gasteiger partial charge on any atom is 0.0955 e. The summed E-state index contributed by atoms with van der Waals surface area (Å²) >= 11 is 12.2. The van der Waals surface area contributed by atoms with Crippen LogP contribution in [0, 0.1) is 5.41 Å². The lowest BCUT2D eigenvalue weighted by atomic mass is 9.78.